The van der Waals surface area contributed by atoms with Crippen molar-refractivity contribution in [2.24, 2.45) is 0 Å². The molecule has 0 aliphatic carbocycles. The molecule has 13 heavy (non-hydrogen) atoms. The van der Waals surface area contributed by atoms with Crippen molar-refractivity contribution < 1.29 is 4.39 Å². The van der Waals surface area contributed by atoms with Crippen LogP contribution in [0.4, 0.5) is 4.39 Å². The topological polar surface area (TPSA) is 0 Å². The number of fused-ring (bicyclic) bond motifs is 1. The zero-order valence-electron chi connectivity index (χ0n) is 6.55. The van der Waals surface area contributed by atoms with Crippen molar-refractivity contribution in [1.82, 2.24) is 0 Å². The van der Waals surface area contributed by atoms with E-state index in [2.05, 4.69) is 12.6 Å². The standard InChI is InChI=1S/C9H6ClFS2/c10-3-5-1-2-6(11)9-8(5)7(12)4-13-9/h1-2,4,12H,3H2. The maximum atomic E-state index is 13.2. The minimum Gasteiger partial charge on any atom is -0.205 e. The van der Waals surface area contributed by atoms with Crippen molar-refractivity contribution in [1.29, 1.82) is 0 Å². The molecule has 4 heteroatoms. The maximum absolute atomic E-state index is 13.2. The van der Waals surface area contributed by atoms with E-state index in [0.717, 1.165) is 15.8 Å². The van der Waals surface area contributed by atoms with Gasteiger partial charge in [0.05, 0.1) is 4.70 Å². The van der Waals surface area contributed by atoms with E-state index in [4.69, 9.17) is 11.6 Å². The van der Waals surface area contributed by atoms with Crippen LogP contribution >= 0.6 is 35.6 Å². The molecule has 2 aromatic rings. The highest BCUT2D eigenvalue weighted by Gasteiger charge is 2.09. The molecule has 68 valence electrons. The third-order valence-corrected chi connectivity index (χ3v) is 3.69. The van der Waals surface area contributed by atoms with Crippen molar-refractivity contribution >= 4 is 45.7 Å². The lowest BCUT2D eigenvalue weighted by Gasteiger charge is -1.99. The van der Waals surface area contributed by atoms with Gasteiger partial charge >= 0.3 is 0 Å². The number of thiophene rings is 1. The first-order valence-electron chi connectivity index (χ1n) is 3.67. The van der Waals surface area contributed by atoms with Gasteiger partial charge in [0.2, 0.25) is 0 Å². The summed E-state index contributed by atoms with van der Waals surface area (Å²) in [5, 5.41) is 2.68. The summed E-state index contributed by atoms with van der Waals surface area (Å²) in [7, 11) is 0. The van der Waals surface area contributed by atoms with E-state index in [0.29, 0.717) is 10.6 Å². The van der Waals surface area contributed by atoms with Crippen LogP contribution in [0.3, 0.4) is 0 Å². The molecule has 0 bridgehead atoms. The van der Waals surface area contributed by atoms with E-state index < -0.39 is 0 Å². The van der Waals surface area contributed by atoms with Crippen LogP contribution in [0.1, 0.15) is 5.56 Å². The van der Waals surface area contributed by atoms with Crippen LogP contribution < -0.4 is 0 Å². The Kier molecular flexibility index (Phi) is 2.49. The Hall–Kier alpha value is -0.250. The van der Waals surface area contributed by atoms with Gasteiger partial charge in [-0.1, -0.05) is 6.07 Å². The van der Waals surface area contributed by atoms with Crippen molar-refractivity contribution in [3.05, 3.63) is 28.9 Å². The van der Waals surface area contributed by atoms with E-state index >= 15 is 0 Å². The molecule has 0 nitrogen and oxygen atoms in total. The lowest BCUT2D eigenvalue weighted by atomic mass is 10.1. The van der Waals surface area contributed by atoms with Crippen LogP contribution in [0.25, 0.3) is 10.1 Å². The Morgan fingerprint density at radius 2 is 2.23 bits per heavy atom. The van der Waals surface area contributed by atoms with Gasteiger partial charge in [-0.15, -0.1) is 35.6 Å². The number of benzene rings is 1. The normalized spacial score (nSPS) is 11.0. The van der Waals surface area contributed by atoms with Gasteiger partial charge in [0.1, 0.15) is 5.82 Å². The van der Waals surface area contributed by atoms with E-state index in [1.165, 1.54) is 17.4 Å². The Morgan fingerprint density at radius 1 is 1.46 bits per heavy atom. The molecule has 0 unspecified atom stereocenters. The summed E-state index contributed by atoms with van der Waals surface area (Å²) in [5.74, 6) is 0.190. The van der Waals surface area contributed by atoms with E-state index in [-0.39, 0.29) is 5.82 Å². The summed E-state index contributed by atoms with van der Waals surface area (Å²) in [5.41, 5.74) is 0.935. The molecular formula is C9H6ClFS2. The fourth-order valence-corrected chi connectivity index (χ4v) is 2.88. The van der Waals surface area contributed by atoms with Crippen LogP contribution in [-0.4, -0.2) is 0 Å². The molecule has 0 amide bonds. The molecule has 0 saturated carbocycles. The summed E-state index contributed by atoms with van der Waals surface area (Å²) < 4.78 is 13.9. The van der Waals surface area contributed by atoms with Gasteiger partial charge in [-0.25, -0.2) is 4.39 Å². The highest BCUT2D eigenvalue weighted by atomic mass is 35.5. The third kappa shape index (κ3) is 1.45. The molecule has 0 spiro atoms. The molecule has 0 aliphatic heterocycles. The summed E-state index contributed by atoms with van der Waals surface area (Å²) in [6, 6.07) is 3.15. The second kappa shape index (κ2) is 3.48. The molecule has 1 heterocycles. The zero-order valence-corrected chi connectivity index (χ0v) is 9.02. The smallest absolute Gasteiger partial charge is 0.141 e. The molecule has 0 N–H and O–H groups in total. The highest BCUT2D eigenvalue weighted by Crippen LogP contribution is 2.33. The number of halogens is 2. The Labute approximate surface area is 89.7 Å². The lowest BCUT2D eigenvalue weighted by Crippen LogP contribution is -1.82. The number of hydrogen-bond acceptors (Lipinski definition) is 2. The molecular weight excluding hydrogens is 227 g/mol. The van der Waals surface area contributed by atoms with E-state index in [1.807, 2.05) is 5.38 Å². The molecule has 0 atom stereocenters. The molecule has 0 fully saturated rings. The first-order chi connectivity index (χ1) is 6.24. The van der Waals surface area contributed by atoms with Crippen LogP contribution in [-0.2, 0) is 5.88 Å². The van der Waals surface area contributed by atoms with Gasteiger partial charge in [0.15, 0.2) is 0 Å². The molecule has 0 aliphatic rings. The van der Waals surface area contributed by atoms with Crippen molar-refractivity contribution in [3.63, 3.8) is 0 Å². The second-order valence-corrected chi connectivity index (χ2v) is 4.29. The van der Waals surface area contributed by atoms with Gasteiger partial charge in [-0.05, 0) is 11.6 Å². The predicted octanol–water partition coefficient (Wildman–Crippen LogP) is 4.07. The van der Waals surface area contributed by atoms with Crippen LogP contribution in [0.5, 0.6) is 0 Å². The minimum atomic E-state index is -0.200. The van der Waals surface area contributed by atoms with Gasteiger partial charge in [-0.3, -0.25) is 0 Å². The molecule has 1 aromatic heterocycles. The van der Waals surface area contributed by atoms with Crippen molar-refractivity contribution in [2.75, 3.05) is 0 Å². The molecule has 1 aromatic carbocycles. The molecule has 0 radical (unpaired) electrons. The lowest BCUT2D eigenvalue weighted by molar-refractivity contribution is 0.641. The second-order valence-electron chi connectivity index (χ2n) is 2.67. The van der Waals surface area contributed by atoms with Gasteiger partial charge in [0.25, 0.3) is 0 Å². The van der Waals surface area contributed by atoms with Gasteiger partial charge < -0.3 is 0 Å². The highest BCUT2D eigenvalue weighted by molar-refractivity contribution is 7.80. The summed E-state index contributed by atoms with van der Waals surface area (Å²) >= 11 is 11.4. The Bertz CT molecular complexity index is 450. The number of rotatable bonds is 1. The van der Waals surface area contributed by atoms with Gasteiger partial charge in [0, 0.05) is 21.5 Å². The van der Waals surface area contributed by atoms with E-state index in [1.54, 1.807) is 6.07 Å². The van der Waals surface area contributed by atoms with Crippen molar-refractivity contribution in [3.8, 4) is 0 Å². The quantitative estimate of drug-likeness (QED) is 0.556. The fraction of sp³-hybridized carbons (Fsp3) is 0.111. The number of hydrogen-bond donors (Lipinski definition) is 1. The summed E-state index contributed by atoms with van der Waals surface area (Å²) in [6.07, 6.45) is 0. The zero-order chi connectivity index (χ0) is 9.42. The first kappa shape index (κ1) is 9.31. The average Bonchev–Trinajstić information content (AvgIpc) is 2.51. The monoisotopic (exact) mass is 232 g/mol. The van der Waals surface area contributed by atoms with Crippen LogP contribution in [0, 0.1) is 5.82 Å². The third-order valence-electron chi connectivity index (χ3n) is 1.88. The largest absolute Gasteiger partial charge is 0.205 e. The van der Waals surface area contributed by atoms with Gasteiger partial charge in [-0.2, -0.15) is 0 Å². The van der Waals surface area contributed by atoms with E-state index in [9.17, 15) is 4.39 Å². The maximum Gasteiger partial charge on any atom is 0.141 e. The Balaban J connectivity index is 2.88. The summed E-state index contributed by atoms with van der Waals surface area (Å²) in [4.78, 5) is 0.801. The first-order valence-corrected chi connectivity index (χ1v) is 5.53. The molecule has 0 saturated heterocycles. The predicted molar refractivity (Wildman–Crippen MR) is 58.6 cm³/mol. The fourth-order valence-electron chi connectivity index (χ4n) is 1.28. The Morgan fingerprint density at radius 3 is 2.92 bits per heavy atom. The molecule has 2 rings (SSSR count). The number of thiol groups is 1. The number of alkyl halides is 1. The van der Waals surface area contributed by atoms with Crippen molar-refractivity contribution in [2.45, 2.75) is 10.8 Å². The summed E-state index contributed by atoms with van der Waals surface area (Å²) in [6.45, 7) is 0. The van der Waals surface area contributed by atoms with Crippen LogP contribution in [0.2, 0.25) is 0 Å². The van der Waals surface area contributed by atoms with Crippen LogP contribution in [0.15, 0.2) is 22.4 Å². The SMILES string of the molecule is Fc1ccc(CCl)c2c(S)csc12. The minimum absolute atomic E-state index is 0.200. The average molecular weight is 233 g/mol.